The van der Waals surface area contributed by atoms with Gasteiger partial charge >= 0.3 is 0 Å². The Hall–Kier alpha value is -3.21. The van der Waals surface area contributed by atoms with Gasteiger partial charge in [0.2, 0.25) is 0 Å². The summed E-state index contributed by atoms with van der Waals surface area (Å²) in [5.74, 6) is 0.770. The van der Waals surface area contributed by atoms with Gasteiger partial charge in [0.25, 0.3) is 5.91 Å². The fourth-order valence-corrected chi connectivity index (χ4v) is 4.21. The summed E-state index contributed by atoms with van der Waals surface area (Å²) in [6.07, 6.45) is 4.49. The van der Waals surface area contributed by atoms with Gasteiger partial charge in [0.05, 0.1) is 0 Å². The van der Waals surface area contributed by atoms with Gasteiger partial charge in [0.15, 0.2) is 0 Å². The number of hydrogen-bond acceptors (Lipinski definition) is 4. The Labute approximate surface area is 164 Å². The van der Waals surface area contributed by atoms with E-state index in [-0.39, 0.29) is 5.91 Å². The molecule has 3 aromatic rings. The van der Waals surface area contributed by atoms with Gasteiger partial charge < -0.3 is 9.80 Å². The highest BCUT2D eigenvalue weighted by molar-refractivity contribution is 6.05. The first-order chi connectivity index (χ1) is 13.8. The van der Waals surface area contributed by atoms with Crippen LogP contribution in [0.2, 0.25) is 0 Å². The zero-order chi connectivity index (χ0) is 18.9. The average Bonchev–Trinajstić information content (AvgIpc) is 2.78. The van der Waals surface area contributed by atoms with Gasteiger partial charge in [-0.2, -0.15) is 0 Å². The van der Waals surface area contributed by atoms with Gasteiger partial charge in [0.1, 0.15) is 17.8 Å². The standard InChI is InChI=1S/C23H22N4O/c28-23(27-12-5-9-18-7-3-4-10-21(18)27)20-14-22(25-16-24-20)26-13-11-17-6-1-2-8-19(17)15-26/h1-4,6-8,10,14,16H,5,9,11-13,15H2. The number of fused-ring (bicyclic) bond motifs is 2. The minimum atomic E-state index is -0.0480. The highest BCUT2D eigenvalue weighted by Gasteiger charge is 2.25. The number of aryl methyl sites for hydroxylation is 1. The number of anilines is 2. The van der Waals surface area contributed by atoms with Crippen LogP contribution in [-0.2, 0) is 19.4 Å². The second-order valence-corrected chi connectivity index (χ2v) is 7.39. The predicted molar refractivity (Wildman–Crippen MR) is 110 cm³/mol. The summed E-state index contributed by atoms with van der Waals surface area (Å²) in [5, 5.41) is 0. The topological polar surface area (TPSA) is 49.3 Å². The maximum atomic E-state index is 13.2. The van der Waals surface area contributed by atoms with Gasteiger partial charge in [-0.1, -0.05) is 42.5 Å². The van der Waals surface area contributed by atoms with Crippen LogP contribution in [0.3, 0.4) is 0 Å². The summed E-state index contributed by atoms with van der Waals surface area (Å²) in [6.45, 7) is 2.44. The number of nitrogens with zero attached hydrogens (tertiary/aromatic N) is 4. The molecule has 2 aliphatic rings. The van der Waals surface area contributed by atoms with E-state index >= 15 is 0 Å². The summed E-state index contributed by atoms with van der Waals surface area (Å²) in [4.78, 5) is 26.0. The van der Waals surface area contributed by atoms with Crippen LogP contribution in [-0.4, -0.2) is 29.0 Å². The Kier molecular flexibility index (Phi) is 4.28. The lowest BCUT2D eigenvalue weighted by Gasteiger charge is -2.31. The van der Waals surface area contributed by atoms with Crippen LogP contribution in [0.15, 0.2) is 60.9 Å². The Morgan fingerprint density at radius 3 is 2.54 bits per heavy atom. The SMILES string of the molecule is O=C(c1cc(N2CCc3ccccc3C2)ncn1)N1CCCc2ccccc21. The molecule has 0 unspecified atom stereocenters. The summed E-state index contributed by atoms with van der Waals surface area (Å²) >= 11 is 0. The highest BCUT2D eigenvalue weighted by Crippen LogP contribution is 2.28. The maximum Gasteiger partial charge on any atom is 0.277 e. The lowest BCUT2D eigenvalue weighted by atomic mass is 10.00. The van der Waals surface area contributed by atoms with E-state index in [9.17, 15) is 4.79 Å². The third-order valence-electron chi connectivity index (χ3n) is 5.68. The summed E-state index contributed by atoms with van der Waals surface area (Å²) < 4.78 is 0. The van der Waals surface area contributed by atoms with Crippen molar-refractivity contribution in [3.05, 3.63) is 83.3 Å². The third kappa shape index (κ3) is 3.03. The molecule has 0 aliphatic carbocycles. The first kappa shape index (κ1) is 16.9. The lowest BCUT2D eigenvalue weighted by Crippen LogP contribution is -2.36. The van der Waals surface area contributed by atoms with Crippen molar-refractivity contribution in [3.8, 4) is 0 Å². The van der Waals surface area contributed by atoms with Gasteiger partial charge in [-0.15, -0.1) is 0 Å². The Balaban J connectivity index is 1.42. The second-order valence-electron chi connectivity index (χ2n) is 7.39. The summed E-state index contributed by atoms with van der Waals surface area (Å²) in [5.41, 5.74) is 5.41. The second kappa shape index (κ2) is 7.08. The molecule has 0 bridgehead atoms. The van der Waals surface area contributed by atoms with Gasteiger partial charge in [-0.3, -0.25) is 4.79 Å². The molecule has 0 spiro atoms. The monoisotopic (exact) mass is 370 g/mol. The number of carbonyl (C=O) groups is 1. The summed E-state index contributed by atoms with van der Waals surface area (Å²) in [7, 11) is 0. The third-order valence-corrected chi connectivity index (χ3v) is 5.68. The molecule has 3 heterocycles. The van der Waals surface area contributed by atoms with Crippen molar-refractivity contribution in [3.63, 3.8) is 0 Å². The molecule has 0 radical (unpaired) electrons. The maximum absolute atomic E-state index is 13.2. The molecule has 0 atom stereocenters. The van der Waals surface area contributed by atoms with Crippen LogP contribution in [0.4, 0.5) is 11.5 Å². The van der Waals surface area contributed by atoms with E-state index in [0.717, 1.165) is 50.4 Å². The smallest absolute Gasteiger partial charge is 0.277 e. The average molecular weight is 370 g/mol. The van der Waals surface area contributed by atoms with Crippen LogP contribution in [0.1, 0.15) is 33.6 Å². The van der Waals surface area contributed by atoms with Crippen molar-refractivity contribution in [1.82, 2.24) is 9.97 Å². The molecule has 5 heteroatoms. The van der Waals surface area contributed by atoms with E-state index in [1.807, 2.05) is 29.2 Å². The molecule has 5 nitrogen and oxygen atoms in total. The van der Waals surface area contributed by atoms with E-state index < -0.39 is 0 Å². The minimum Gasteiger partial charge on any atom is -0.352 e. The zero-order valence-corrected chi connectivity index (χ0v) is 15.7. The largest absolute Gasteiger partial charge is 0.352 e. The number of amides is 1. The van der Waals surface area contributed by atoms with E-state index in [0.29, 0.717) is 5.69 Å². The van der Waals surface area contributed by atoms with Crippen molar-refractivity contribution in [2.75, 3.05) is 22.9 Å². The molecule has 1 aromatic heterocycles. The normalized spacial score (nSPS) is 15.7. The Morgan fingerprint density at radius 1 is 0.857 bits per heavy atom. The molecule has 28 heavy (non-hydrogen) atoms. The summed E-state index contributed by atoms with van der Waals surface area (Å²) in [6, 6.07) is 18.5. The zero-order valence-electron chi connectivity index (χ0n) is 15.7. The molecule has 2 aliphatic heterocycles. The number of aromatic nitrogens is 2. The predicted octanol–water partition coefficient (Wildman–Crippen LogP) is 3.63. The van der Waals surface area contributed by atoms with Crippen LogP contribution in [0.25, 0.3) is 0 Å². The van der Waals surface area contributed by atoms with Crippen LogP contribution < -0.4 is 9.80 Å². The number of hydrogen-bond donors (Lipinski definition) is 0. The van der Waals surface area contributed by atoms with Crippen LogP contribution in [0.5, 0.6) is 0 Å². The molecule has 0 saturated carbocycles. The van der Waals surface area contributed by atoms with Gasteiger partial charge in [-0.05, 0) is 42.0 Å². The Morgan fingerprint density at radius 2 is 1.64 bits per heavy atom. The van der Waals surface area contributed by atoms with Gasteiger partial charge in [0, 0.05) is 31.4 Å². The molecule has 0 saturated heterocycles. The van der Waals surface area contributed by atoms with Crippen LogP contribution >= 0.6 is 0 Å². The van der Waals surface area contributed by atoms with E-state index in [1.54, 1.807) is 0 Å². The van der Waals surface area contributed by atoms with Crippen molar-refractivity contribution in [1.29, 1.82) is 0 Å². The quantitative estimate of drug-likeness (QED) is 0.691. The van der Waals surface area contributed by atoms with Crippen molar-refractivity contribution >= 4 is 17.4 Å². The molecule has 140 valence electrons. The number of rotatable bonds is 2. The minimum absolute atomic E-state index is 0.0480. The number of benzene rings is 2. The van der Waals surface area contributed by atoms with Crippen molar-refractivity contribution < 1.29 is 4.79 Å². The Bertz CT molecular complexity index is 1030. The molecule has 0 fully saturated rings. The van der Waals surface area contributed by atoms with E-state index in [2.05, 4.69) is 45.2 Å². The first-order valence-corrected chi connectivity index (χ1v) is 9.83. The van der Waals surface area contributed by atoms with E-state index in [1.165, 1.54) is 23.0 Å². The fourth-order valence-electron chi connectivity index (χ4n) is 4.21. The molecular formula is C23H22N4O. The van der Waals surface area contributed by atoms with Crippen molar-refractivity contribution in [2.45, 2.75) is 25.8 Å². The molecule has 1 amide bonds. The molecular weight excluding hydrogens is 348 g/mol. The van der Waals surface area contributed by atoms with Crippen LogP contribution in [0, 0.1) is 0 Å². The highest BCUT2D eigenvalue weighted by atomic mass is 16.2. The lowest BCUT2D eigenvalue weighted by molar-refractivity contribution is 0.0980. The molecule has 2 aromatic carbocycles. The van der Waals surface area contributed by atoms with Crippen molar-refractivity contribution in [2.24, 2.45) is 0 Å². The molecule has 0 N–H and O–H groups in total. The number of carbonyl (C=O) groups excluding carboxylic acids is 1. The number of para-hydroxylation sites is 1. The van der Waals surface area contributed by atoms with Gasteiger partial charge in [-0.25, -0.2) is 9.97 Å². The molecule has 5 rings (SSSR count). The van der Waals surface area contributed by atoms with E-state index in [4.69, 9.17) is 0 Å². The fraction of sp³-hybridized carbons (Fsp3) is 0.261. The first-order valence-electron chi connectivity index (χ1n) is 9.83.